The van der Waals surface area contributed by atoms with Crippen LogP contribution in [-0.4, -0.2) is 30.4 Å². The summed E-state index contributed by atoms with van der Waals surface area (Å²) >= 11 is 13.6. The molecule has 1 aromatic rings. The van der Waals surface area contributed by atoms with Crippen molar-refractivity contribution in [2.75, 3.05) is 12.9 Å². The zero-order chi connectivity index (χ0) is 17.6. The molecule has 4 nitrogen and oxygen atoms in total. The second-order valence-corrected chi connectivity index (χ2v) is 7.37. The number of esters is 2. The van der Waals surface area contributed by atoms with Gasteiger partial charge >= 0.3 is 11.9 Å². The minimum atomic E-state index is -0.558. The molecule has 0 aliphatic heterocycles. The summed E-state index contributed by atoms with van der Waals surface area (Å²) in [6.07, 6.45) is 2.83. The summed E-state index contributed by atoms with van der Waals surface area (Å²) in [7, 11) is 1.32. The zero-order valence-electron chi connectivity index (χ0n) is 13.3. The van der Waals surface area contributed by atoms with Gasteiger partial charge in [0, 0.05) is 16.0 Å². The highest BCUT2D eigenvalue weighted by molar-refractivity contribution is 8.00. The lowest BCUT2D eigenvalue weighted by Gasteiger charge is -2.17. The highest BCUT2D eigenvalue weighted by atomic mass is 35.5. The first-order valence-electron chi connectivity index (χ1n) is 6.72. The molecule has 0 saturated heterocycles. The third-order valence-corrected chi connectivity index (χ3v) is 4.21. The van der Waals surface area contributed by atoms with E-state index in [1.165, 1.54) is 31.0 Å². The Labute approximate surface area is 150 Å². The first kappa shape index (κ1) is 19.9. The number of carbonyl (C=O) groups is 2. The van der Waals surface area contributed by atoms with E-state index in [-0.39, 0.29) is 11.7 Å². The molecule has 0 radical (unpaired) electrons. The van der Waals surface area contributed by atoms with Crippen molar-refractivity contribution in [2.45, 2.75) is 31.3 Å². The monoisotopic (exact) mass is 376 g/mol. The van der Waals surface area contributed by atoms with Gasteiger partial charge in [0.2, 0.25) is 0 Å². The predicted molar refractivity (Wildman–Crippen MR) is 94.1 cm³/mol. The van der Waals surface area contributed by atoms with E-state index in [4.69, 9.17) is 27.9 Å². The van der Waals surface area contributed by atoms with E-state index >= 15 is 0 Å². The Balaban J connectivity index is 2.84. The molecule has 0 atom stereocenters. The number of hydrogen-bond acceptors (Lipinski definition) is 5. The lowest BCUT2D eigenvalue weighted by atomic mass is 10.2. The normalized spacial score (nSPS) is 11.6. The molecule has 0 aromatic heterocycles. The number of methoxy groups -OCH3 is 1. The van der Waals surface area contributed by atoms with Gasteiger partial charge in [-0.1, -0.05) is 23.2 Å². The summed E-state index contributed by atoms with van der Waals surface area (Å²) < 4.78 is 9.75. The maximum atomic E-state index is 11.7. The molecule has 1 rings (SSSR count). The lowest BCUT2D eigenvalue weighted by Crippen LogP contribution is -2.22. The van der Waals surface area contributed by atoms with E-state index in [9.17, 15) is 9.59 Å². The maximum absolute atomic E-state index is 11.7. The van der Waals surface area contributed by atoms with Crippen LogP contribution in [0.1, 0.15) is 26.3 Å². The Hall–Kier alpha value is -1.17. The Kier molecular flexibility index (Phi) is 7.45. The molecule has 0 unspecified atom stereocenters. The van der Waals surface area contributed by atoms with Gasteiger partial charge in [-0.2, -0.15) is 0 Å². The SMILES string of the molecule is COC(=O)CSc1cc(Cl)c(C=CC(=O)OC(C)(C)C)cc1Cl. The van der Waals surface area contributed by atoms with Crippen LogP contribution in [0.25, 0.3) is 6.08 Å². The van der Waals surface area contributed by atoms with Gasteiger partial charge in [-0.05, 0) is 44.5 Å². The number of hydrogen-bond donors (Lipinski definition) is 0. The molecule has 0 bridgehead atoms. The third kappa shape index (κ3) is 7.29. The van der Waals surface area contributed by atoms with Crippen molar-refractivity contribution < 1.29 is 19.1 Å². The predicted octanol–water partition coefficient (Wildman–Crippen LogP) is 4.61. The molecule has 7 heteroatoms. The second kappa shape index (κ2) is 8.62. The average molecular weight is 377 g/mol. The number of halogens is 2. The van der Waals surface area contributed by atoms with Crippen molar-refractivity contribution in [2.24, 2.45) is 0 Å². The van der Waals surface area contributed by atoms with Crippen molar-refractivity contribution in [1.29, 1.82) is 0 Å². The van der Waals surface area contributed by atoms with Crippen LogP contribution in [-0.2, 0) is 19.1 Å². The summed E-state index contributed by atoms with van der Waals surface area (Å²) in [4.78, 5) is 23.5. The van der Waals surface area contributed by atoms with Crippen molar-refractivity contribution in [3.63, 3.8) is 0 Å². The van der Waals surface area contributed by atoms with Crippen LogP contribution in [0.3, 0.4) is 0 Å². The fraction of sp³-hybridized carbons (Fsp3) is 0.375. The van der Waals surface area contributed by atoms with Gasteiger partial charge < -0.3 is 9.47 Å². The molecule has 0 fully saturated rings. The quantitative estimate of drug-likeness (QED) is 0.426. The third-order valence-electron chi connectivity index (χ3n) is 2.43. The lowest BCUT2D eigenvalue weighted by molar-refractivity contribution is -0.148. The van der Waals surface area contributed by atoms with E-state index in [2.05, 4.69) is 4.74 Å². The molecule has 0 heterocycles. The summed E-state index contributed by atoms with van der Waals surface area (Å²) in [6, 6.07) is 3.27. The van der Waals surface area contributed by atoms with Crippen LogP contribution in [0.15, 0.2) is 23.1 Å². The molecule has 0 saturated carbocycles. The van der Waals surface area contributed by atoms with E-state index in [1.807, 2.05) is 0 Å². The summed E-state index contributed by atoms with van der Waals surface area (Å²) in [5.74, 6) is -0.676. The van der Waals surface area contributed by atoms with Gasteiger partial charge in [0.15, 0.2) is 0 Å². The fourth-order valence-corrected chi connectivity index (χ4v) is 2.89. The Bertz CT molecular complexity index is 621. The van der Waals surface area contributed by atoms with Gasteiger partial charge in [0.1, 0.15) is 5.60 Å². The first-order valence-corrected chi connectivity index (χ1v) is 8.46. The van der Waals surface area contributed by atoms with Crippen LogP contribution >= 0.6 is 35.0 Å². The molecule has 126 valence electrons. The smallest absolute Gasteiger partial charge is 0.331 e. The van der Waals surface area contributed by atoms with E-state index in [0.717, 1.165) is 0 Å². The number of benzene rings is 1. The highest BCUT2D eigenvalue weighted by Crippen LogP contribution is 2.33. The molecule has 0 spiro atoms. The van der Waals surface area contributed by atoms with Crippen LogP contribution in [0, 0.1) is 0 Å². The molecule has 23 heavy (non-hydrogen) atoms. The summed E-state index contributed by atoms with van der Waals surface area (Å²) in [5.41, 5.74) is 0.0296. The van der Waals surface area contributed by atoms with E-state index in [0.29, 0.717) is 20.5 Å². The standard InChI is InChI=1S/C16H18Cl2O4S/c1-16(2,3)22-14(19)6-5-10-7-12(18)13(8-11(10)17)23-9-15(20)21-4/h5-8H,9H2,1-4H3. The largest absolute Gasteiger partial charge is 0.468 e. The fourth-order valence-electron chi connectivity index (χ4n) is 1.47. The van der Waals surface area contributed by atoms with E-state index in [1.54, 1.807) is 32.9 Å². The van der Waals surface area contributed by atoms with Gasteiger partial charge in [0.05, 0.1) is 17.9 Å². The van der Waals surface area contributed by atoms with Crippen LogP contribution in [0.2, 0.25) is 10.0 Å². The second-order valence-electron chi connectivity index (χ2n) is 5.54. The van der Waals surface area contributed by atoms with Crippen molar-refractivity contribution >= 4 is 53.0 Å². The average Bonchev–Trinajstić information content (AvgIpc) is 2.44. The van der Waals surface area contributed by atoms with Crippen LogP contribution in [0.4, 0.5) is 0 Å². The van der Waals surface area contributed by atoms with Gasteiger partial charge in [-0.15, -0.1) is 11.8 Å². The zero-order valence-corrected chi connectivity index (χ0v) is 15.6. The van der Waals surface area contributed by atoms with Crippen LogP contribution < -0.4 is 0 Å². The molecule has 1 aromatic carbocycles. The number of rotatable bonds is 5. The molecule has 0 aliphatic carbocycles. The number of ether oxygens (including phenoxy) is 2. The Morgan fingerprint density at radius 1 is 1.22 bits per heavy atom. The molecular formula is C16H18Cl2O4S. The topological polar surface area (TPSA) is 52.6 Å². The molecule has 0 aliphatic rings. The number of carbonyl (C=O) groups excluding carboxylic acids is 2. The van der Waals surface area contributed by atoms with Gasteiger partial charge in [0.25, 0.3) is 0 Å². The maximum Gasteiger partial charge on any atom is 0.331 e. The molecular weight excluding hydrogens is 359 g/mol. The van der Waals surface area contributed by atoms with Gasteiger partial charge in [-0.25, -0.2) is 4.79 Å². The molecule has 0 amide bonds. The van der Waals surface area contributed by atoms with Crippen LogP contribution in [0.5, 0.6) is 0 Å². The van der Waals surface area contributed by atoms with E-state index < -0.39 is 11.6 Å². The van der Waals surface area contributed by atoms with Crippen molar-refractivity contribution in [3.05, 3.63) is 33.8 Å². The molecule has 0 N–H and O–H groups in total. The Morgan fingerprint density at radius 2 is 1.87 bits per heavy atom. The summed E-state index contributed by atoms with van der Waals surface area (Å²) in [6.45, 7) is 5.36. The van der Waals surface area contributed by atoms with Crippen molar-refractivity contribution in [1.82, 2.24) is 0 Å². The number of thioether (sulfide) groups is 1. The Morgan fingerprint density at radius 3 is 2.43 bits per heavy atom. The first-order chi connectivity index (χ1) is 10.6. The minimum Gasteiger partial charge on any atom is -0.468 e. The van der Waals surface area contributed by atoms with Crippen molar-refractivity contribution in [3.8, 4) is 0 Å². The summed E-state index contributed by atoms with van der Waals surface area (Å²) in [5, 5.41) is 0.855. The van der Waals surface area contributed by atoms with Gasteiger partial charge in [-0.3, -0.25) is 4.79 Å². The highest BCUT2D eigenvalue weighted by Gasteiger charge is 2.14. The minimum absolute atomic E-state index is 0.139.